The average Bonchev–Trinajstić information content (AvgIpc) is 3.45. The van der Waals surface area contributed by atoms with Gasteiger partial charge < -0.3 is 14.7 Å². The van der Waals surface area contributed by atoms with Gasteiger partial charge in [0.15, 0.2) is 11.6 Å². The van der Waals surface area contributed by atoms with Gasteiger partial charge in [0.1, 0.15) is 5.92 Å². The van der Waals surface area contributed by atoms with Crippen LogP contribution in [-0.4, -0.2) is 28.5 Å². The second-order valence-electron chi connectivity index (χ2n) is 9.22. The van der Waals surface area contributed by atoms with Gasteiger partial charge in [0.2, 0.25) is 5.91 Å². The molecule has 2 amide bonds. The summed E-state index contributed by atoms with van der Waals surface area (Å²) in [7, 11) is 0. The molecule has 8 nitrogen and oxygen atoms in total. The third-order valence-corrected chi connectivity index (χ3v) is 5.57. The quantitative estimate of drug-likeness (QED) is 0.416. The van der Waals surface area contributed by atoms with Crippen molar-refractivity contribution in [2.45, 2.75) is 38.3 Å². The van der Waals surface area contributed by atoms with Crippen LogP contribution in [-0.2, 0) is 21.2 Å². The fourth-order valence-electron chi connectivity index (χ4n) is 3.66. The largest absolute Gasteiger partial charge is 0.416 e. The Bertz CT molecular complexity index is 1230. The summed E-state index contributed by atoms with van der Waals surface area (Å²) >= 11 is 0. The number of hydrogen-bond acceptors (Lipinski definition) is 6. The van der Waals surface area contributed by atoms with E-state index in [1.165, 1.54) is 12.1 Å². The number of alkyl halides is 3. The first-order valence-corrected chi connectivity index (χ1v) is 10.8. The molecule has 184 valence electrons. The van der Waals surface area contributed by atoms with Crippen LogP contribution in [0.4, 0.5) is 13.2 Å². The predicted octanol–water partition coefficient (Wildman–Crippen LogP) is 3.99. The third kappa shape index (κ3) is 5.28. The standard InChI is InChI=1S/C24H23F3N4O4/c1-23(2,3)22-29-21(35-31-22)13-7-9-16(10-8-13)34-30-20(33)18-17(12-28-19(18)32)14-5-4-6-15(11-14)24(25,26)27/h4-11,17-18H,12H2,1-3H3,(H,28,32)(H,30,33). The number of aromatic nitrogens is 2. The SMILES string of the molecule is CC(C)(C)c1noc(-c2ccc(ONC(=O)C3C(=O)NCC3c3cccc(C(F)(F)F)c3)cc2)n1. The Morgan fingerprint density at radius 1 is 1.14 bits per heavy atom. The average molecular weight is 488 g/mol. The number of carbonyl (C=O) groups is 2. The van der Waals surface area contributed by atoms with E-state index in [-0.39, 0.29) is 23.3 Å². The number of amides is 2. The van der Waals surface area contributed by atoms with E-state index < -0.39 is 35.4 Å². The van der Waals surface area contributed by atoms with Gasteiger partial charge in [-0.15, -0.1) is 0 Å². The zero-order valence-electron chi connectivity index (χ0n) is 19.1. The maximum atomic E-state index is 13.1. The molecule has 0 aliphatic carbocycles. The molecule has 4 rings (SSSR count). The Labute approximate surface area is 198 Å². The second-order valence-corrected chi connectivity index (χ2v) is 9.22. The van der Waals surface area contributed by atoms with Gasteiger partial charge in [0, 0.05) is 23.4 Å². The Kier molecular flexibility index (Phi) is 6.27. The second kappa shape index (κ2) is 9.05. The summed E-state index contributed by atoms with van der Waals surface area (Å²) in [5.74, 6) is -2.21. The van der Waals surface area contributed by atoms with E-state index in [0.29, 0.717) is 17.3 Å². The minimum Gasteiger partial charge on any atom is -0.380 e. The fraction of sp³-hybridized carbons (Fsp3) is 0.333. The highest BCUT2D eigenvalue weighted by Gasteiger charge is 2.42. The lowest BCUT2D eigenvalue weighted by atomic mass is 9.87. The molecule has 0 spiro atoms. The van der Waals surface area contributed by atoms with Gasteiger partial charge in [0.25, 0.3) is 11.8 Å². The molecule has 1 aliphatic rings. The topological polar surface area (TPSA) is 106 Å². The molecular weight excluding hydrogens is 465 g/mol. The van der Waals surface area contributed by atoms with E-state index in [0.717, 1.165) is 12.1 Å². The summed E-state index contributed by atoms with van der Waals surface area (Å²) in [6.07, 6.45) is -4.53. The van der Waals surface area contributed by atoms with Crippen LogP contribution in [0.2, 0.25) is 0 Å². The Hall–Kier alpha value is -3.89. The highest BCUT2D eigenvalue weighted by molar-refractivity contribution is 6.02. The molecule has 35 heavy (non-hydrogen) atoms. The molecule has 1 aromatic heterocycles. The van der Waals surface area contributed by atoms with Crippen molar-refractivity contribution in [3.8, 4) is 17.2 Å². The maximum absolute atomic E-state index is 13.1. The van der Waals surface area contributed by atoms with Crippen molar-refractivity contribution in [2.75, 3.05) is 6.54 Å². The summed E-state index contributed by atoms with van der Waals surface area (Å²) in [5.41, 5.74) is 1.99. The Balaban J connectivity index is 1.43. The van der Waals surface area contributed by atoms with Gasteiger partial charge in [-0.3, -0.25) is 9.59 Å². The first-order chi connectivity index (χ1) is 16.4. The number of hydroxylamine groups is 1. The van der Waals surface area contributed by atoms with Crippen LogP contribution in [0.5, 0.6) is 5.75 Å². The van der Waals surface area contributed by atoms with Gasteiger partial charge in [-0.25, -0.2) is 0 Å². The van der Waals surface area contributed by atoms with Crippen molar-refractivity contribution in [2.24, 2.45) is 5.92 Å². The van der Waals surface area contributed by atoms with Crippen LogP contribution >= 0.6 is 0 Å². The van der Waals surface area contributed by atoms with Gasteiger partial charge in [-0.1, -0.05) is 44.1 Å². The van der Waals surface area contributed by atoms with Crippen molar-refractivity contribution in [3.63, 3.8) is 0 Å². The third-order valence-electron chi connectivity index (χ3n) is 5.57. The van der Waals surface area contributed by atoms with Gasteiger partial charge >= 0.3 is 6.18 Å². The van der Waals surface area contributed by atoms with E-state index in [1.807, 2.05) is 20.8 Å². The van der Waals surface area contributed by atoms with Crippen molar-refractivity contribution >= 4 is 11.8 Å². The molecule has 3 aromatic rings. The predicted molar refractivity (Wildman–Crippen MR) is 118 cm³/mol. The van der Waals surface area contributed by atoms with Crippen LogP contribution in [0.1, 0.15) is 43.6 Å². The molecule has 11 heteroatoms. The number of carbonyl (C=O) groups excluding carboxylic acids is 2. The molecule has 1 saturated heterocycles. The summed E-state index contributed by atoms with van der Waals surface area (Å²) in [6, 6.07) is 11.1. The summed E-state index contributed by atoms with van der Waals surface area (Å²) in [5, 5.41) is 6.51. The summed E-state index contributed by atoms with van der Waals surface area (Å²) in [6.45, 7) is 5.92. The molecule has 1 aliphatic heterocycles. The van der Waals surface area contributed by atoms with Gasteiger partial charge in [-0.2, -0.15) is 23.6 Å². The highest BCUT2D eigenvalue weighted by Crippen LogP contribution is 2.35. The van der Waals surface area contributed by atoms with Crippen LogP contribution < -0.4 is 15.6 Å². The summed E-state index contributed by atoms with van der Waals surface area (Å²) in [4.78, 5) is 34.7. The lowest BCUT2D eigenvalue weighted by Gasteiger charge is -2.18. The number of nitrogens with zero attached hydrogens (tertiary/aromatic N) is 2. The zero-order valence-corrected chi connectivity index (χ0v) is 19.1. The molecule has 0 saturated carbocycles. The van der Waals surface area contributed by atoms with E-state index in [2.05, 4.69) is 20.9 Å². The molecule has 2 aromatic carbocycles. The smallest absolute Gasteiger partial charge is 0.380 e. The molecule has 0 radical (unpaired) electrons. The molecule has 2 heterocycles. The lowest BCUT2D eigenvalue weighted by molar-refractivity contribution is -0.138. The van der Waals surface area contributed by atoms with E-state index in [1.54, 1.807) is 24.3 Å². The van der Waals surface area contributed by atoms with E-state index in [9.17, 15) is 22.8 Å². The maximum Gasteiger partial charge on any atom is 0.416 e. The number of benzene rings is 2. The first-order valence-electron chi connectivity index (χ1n) is 10.8. The molecule has 1 fully saturated rings. The Morgan fingerprint density at radius 2 is 1.86 bits per heavy atom. The number of nitrogens with one attached hydrogen (secondary N) is 2. The van der Waals surface area contributed by atoms with Crippen molar-refractivity contribution in [1.29, 1.82) is 0 Å². The van der Waals surface area contributed by atoms with Crippen LogP contribution in [0.3, 0.4) is 0 Å². The van der Waals surface area contributed by atoms with Crippen molar-refractivity contribution in [1.82, 2.24) is 20.9 Å². The van der Waals surface area contributed by atoms with Gasteiger partial charge in [-0.05, 0) is 35.9 Å². The zero-order chi connectivity index (χ0) is 25.4. The number of rotatable bonds is 5. The molecular formula is C24H23F3N4O4. The van der Waals surface area contributed by atoms with Crippen LogP contribution in [0.25, 0.3) is 11.5 Å². The molecule has 2 atom stereocenters. The van der Waals surface area contributed by atoms with E-state index >= 15 is 0 Å². The van der Waals surface area contributed by atoms with Crippen LogP contribution in [0.15, 0.2) is 53.1 Å². The fourth-order valence-corrected chi connectivity index (χ4v) is 3.66. The molecule has 0 bridgehead atoms. The summed E-state index contributed by atoms with van der Waals surface area (Å²) < 4.78 is 44.6. The number of hydrogen-bond donors (Lipinski definition) is 2. The van der Waals surface area contributed by atoms with Crippen molar-refractivity contribution in [3.05, 3.63) is 65.5 Å². The monoisotopic (exact) mass is 488 g/mol. The molecule has 2 unspecified atom stereocenters. The number of halogens is 3. The highest BCUT2D eigenvalue weighted by atomic mass is 19.4. The lowest BCUT2D eigenvalue weighted by Crippen LogP contribution is -2.38. The van der Waals surface area contributed by atoms with Crippen molar-refractivity contribution < 1.29 is 32.1 Å². The van der Waals surface area contributed by atoms with E-state index in [4.69, 9.17) is 9.36 Å². The molecule has 2 N–H and O–H groups in total. The first kappa shape index (κ1) is 24.2. The van der Waals surface area contributed by atoms with Gasteiger partial charge in [0.05, 0.1) is 5.56 Å². The minimum absolute atomic E-state index is 0.0354. The van der Waals surface area contributed by atoms with Crippen LogP contribution in [0, 0.1) is 5.92 Å². The minimum atomic E-state index is -4.53. The normalized spacial score (nSPS) is 18.3. The Morgan fingerprint density at radius 3 is 2.49 bits per heavy atom.